The van der Waals surface area contributed by atoms with Crippen molar-refractivity contribution in [1.29, 1.82) is 0 Å². The van der Waals surface area contributed by atoms with Gasteiger partial charge in [-0.1, -0.05) is 0 Å². The van der Waals surface area contributed by atoms with Crippen LogP contribution in [0.5, 0.6) is 0 Å². The molecular weight excluding hydrogens is 226 g/mol. The normalized spacial score (nSPS) is 69.6. The summed E-state index contributed by atoms with van der Waals surface area (Å²) in [6.07, 6.45) is 0. The molecule has 88 valence electrons. The van der Waals surface area contributed by atoms with Gasteiger partial charge in [-0.2, -0.15) is 0 Å². The predicted molar refractivity (Wildman–Crippen MR) is 50.1 cm³/mol. The van der Waals surface area contributed by atoms with Gasteiger partial charge in [-0.25, -0.2) is 0 Å². The molecule has 0 saturated heterocycles. The van der Waals surface area contributed by atoms with Gasteiger partial charge in [0.05, 0.1) is 7.11 Å². The molecule has 0 aromatic rings. The second kappa shape index (κ2) is 2.44. The standard InChI is InChI=1S/C12H15NO2.ClH/c1-15-12(14)10-8-4-2-3-5(8)7(3)9(6(2)4)11(10)13;/h2-11H,13H2,1H3;1H. The lowest BCUT2D eigenvalue weighted by Gasteiger charge is -2.42. The van der Waals surface area contributed by atoms with Crippen molar-refractivity contribution < 1.29 is 27.7 Å². The molecule has 6 rings (SSSR count). The van der Waals surface area contributed by atoms with Crippen LogP contribution in [-0.2, 0) is 9.53 Å². The van der Waals surface area contributed by atoms with Gasteiger partial charge in [0.1, 0.15) is 12.0 Å². The number of carbonyl (C=O) groups excluding carboxylic acids is 1. The van der Waals surface area contributed by atoms with Gasteiger partial charge in [0, 0.05) is 5.92 Å². The highest BCUT2D eigenvalue weighted by Crippen LogP contribution is 2.92. The summed E-state index contributed by atoms with van der Waals surface area (Å²) in [6.45, 7) is 0. The molecule has 6 aliphatic rings. The van der Waals surface area contributed by atoms with Gasteiger partial charge >= 0.3 is 5.97 Å². The van der Waals surface area contributed by atoms with E-state index >= 15 is 0 Å². The van der Waals surface area contributed by atoms with Gasteiger partial charge in [0.25, 0.3) is 0 Å². The molecule has 0 heterocycles. The number of methoxy groups -OCH3 is 1. The minimum Gasteiger partial charge on any atom is -1.00 e. The van der Waals surface area contributed by atoms with Crippen LogP contribution in [0.2, 0.25) is 0 Å². The summed E-state index contributed by atoms with van der Waals surface area (Å²) in [5.41, 5.74) is 4.30. The maximum absolute atomic E-state index is 11.8. The Morgan fingerprint density at radius 2 is 1.38 bits per heavy atom. The third kappa shape index (κ3) is 0.666. The van der Waals surface area contributed by atoms with Crippen molar-refractivity contribution in [2.45, 2.75) is 6.04 Å². The van der Waals surface area contributed by atoms with Crippen LogP contribution in [-0.4, -0.2) is 19.1 Å². The topological polar surface area (TPSA) is 53.9 Å². The Bertz CT molecular complexity index is 378. The summed E-state index contributed by atoms with van der Waals surface area (Å²) in [7, 11) is 1.53. The van der Waals surface area contributed by atoms with Gasteiger partial charge in [-0.05, 0) is 41.4 Å². The molecule has 6 fully saturated rings. The smallest absolute Gasteiger partial charge is 0.315 e. The van der Waals surface area contributed by atoms with Crippen molar-refractivity contribution in [2.75, 3.05) is 7.11 Å². The Labute approximate surface area is 100 Å². The van der Waals surface area contributed by atoms with E-state index in [0.29, 0.717) is 12.0 Å². The number of fused-ring (bicyclic) bond motifs is 1. The SMILES string of the molecule is COC(=O)C1C([NH3+])C2C3C4C1C1C2C1C34.[Cl-]. The molecule has 8 atom stereocenters. The molecule has 6 saturated carbocycles. The molecule has 4 heteroatoms. The lowest BCUT2D eigenvalue weighted by atomic mass is 9.62. The molecule has 3 nitrogen and oxygen atoms in total. The Kier molecular flexibility index (Phi) is 1.48. The first-order valence-corrected chi connectivity index (χ1v) is 6.18. The molecule has 0 aromatic heterocycles. The molecule has 8 unspecified atom stereocenters. The quantitative estimate of drug-likeness (QED) is 0.482. The first-order chi connectivity index (χ1) is 7.27. The van der Waals surface area contributed by atoms with E-state index in [0.717, 1.165) is 41.4 Å². The molecule has 6 aliphatic carbocycles. The molecule has 2 bridgehead atoms. The number of carbonyl (C=O) groups is 1. The van der Waals surface area contributed by atoms with Crippen LogP contribution in [0.3, 0.4) is 0 Å². The van der Waals surface area contributed by atoms with Gasteiger partial charge in [-0.3, -0.25) is 4.79 Å². The maximum atomic E-state index is 11.8. The fraction of sp³-hybridized carbons (Fsp3) is 0.917. The third-order valence-electron chi connectivity index (χ3n) is 6.45. The Morgan fingerprint density at radius 1 is 0.938 bits per heavy atom. The third-order valence-corrected chi connectivity index (χ3v) is 6.45. The zero-order valence-electron chi connectivity index (χ0n) is 9.18. The summed E-state index contributed by atoms with van der Waals surface area (Å²) in [6, 6.07) is 0.363. The van der Waals surface area contributed by atoms with Crippen molar-refractivity contribution in [3.05, 3.63) is 0 Å². The summed E-state index contributed by atoms with van der Waals surface area (Å²) in [5, 5.41) is 0. The van der Waals surface area contributed by atoms with E-state index < -0.39 is 0 Å². The predicted octanol–water partition coefficient (Wildman–Crippen LogP) is -3.61. The molecule has 3 N–H and O–H groups in total. The molecule has 16 heavy (non-hydrogen) atoms. The fourth-order valence-corrected chi connectivity index (χ4v) is 6.40. The minimum absolute atomic E-state index is 0. The Morgan fingerprint density at radius 3 is 1.88 bits per heavy atom. The number of esters is 1. The van der Waals surface area contributed by atoms with Crippen LogP contribution < -0.4 is 18.1 Å². The highest BCUT2D eigenvalue weighted by molar-refractivity contribution is 5.75. The van der Waals surface area contributed by atoms with E-state index in [4.69, 9.17) is 4.74 Å². The number of hydrogen-bond acceptors (Lipinski definition) is 2. The molecule has 0 spiro atoms. The number of rotatable bonds is 1. The lowest BCUT2D eigenvalue weighted by molar-refractivity contribution is -0.459. The first kappa shape index (κ1) is 9.72. The van der Waals surface area contributed by atoms with Crippen LogP contribution in [0.25, 0.3) is 0 Å². The van der Waals surface area contributed by atoms with E-state index in [-0.39, 0.29) is 24.3 Å². The molecule has 0 aromatic carbocycles. The van der Waals surface area contributed by atoms with Gasteiger partial charge in [0.15, 0.2) is 0 Å². The zero-order chi connectivity index (χ0) is 10.1. The fourth-order valence-electron chi connectivity index (χ4n) is 6.40. The Balaban J connectivity index is 0.000000722. The number of quaternary nitrogens is 1. The van der Waals surface area contributed by atoms with Crippen molar-refractivity contribution in [2.24, 2.45) is 53.3 Å². The first-order valence-electron chi connectivity index (χ1n) is 6.18. The Hall–Kier alpha value is -0.280. The zero-order valence-corrected chi connectivity index (χ0v) is 9.93. The van der Waals surface area contributed by atoms with E-state index in [1.165, 1.54) is 7.11 Å². The van der Waals surface area contributed by atoms with Crippen LogP contribution in [0, 0.1) is 53.3 Å². The second-order valence-electron chi connectivity index (χ2n) is 6.33. The molecule has 0 radical (unpaired) electrons. The monoisotopic (exact) mass is 241 g/mol. The van der Waals surface area contributed by atoms with Gasteiger partial charge < -0.3 is 22.9 Å². The average molecular weight is 242 g/mol. The van der Waals surface area contributed by atoms with Gasteiger partial charge in [0.2, 0.25) is 0 Å². The summed E-state index contributed by atoms with van der Waals surface area (Å²) >= 11 is 0. The van der Waals surface area contributed by atoms with E-state index in [1.54, 1.807) is 0 Å². The van der Waals surface area contributed by atoms with Crippen LogP contribution >= 0.6 is 0 Å². The summed E-state index contributed by atoms with van der Waals surface area (Å²) in [5.74, 6) is 7.49. The second-order valence-corrected chi connectivity index (χ2v) is 6.33. The van der Waals surface area contributed by atoms with Crippen LogP contribution in [0.4, 0.5) is 0 Å². The van der Waals surface area contributed by atoms with Crippen LogP contribution in [0.15, 0.2) is 0 Å². The van der Waals surface area contributed by atoms with E-state index in [2.05, 4.69) is 5.73 Å². The summed E-state index contributed by atoms with van der Waals surface area (Å²) in [4.78, 5) is 11.8. The van der Waals surface area contributed by atoms with Crippen molar-refractivity contribution in [1.82, 2.24) is 0 Å². The van der Waals surface area contributed by atoms with Gasteiger partial charge in [-0.15, -0.1) is 0 Å². The van der Waals surface area contributed by atoms with Crippen molar-refractivity contribution in [3.8, 4) is 0 Å². The summed E-state index contributed by atoms with van der Waals surface area (Å²) < 4.78 is 4.98. The van der Waals surface area contributed by atoms with Crippen LogP contribution in [0.1, 0.15) is 0 Å². The maximum Gasteiger partial charge on any atom is 0.315 e. The van der Waals surface area contributed by atoms with Crippen molar-refractivity contribution >= 4 is 5.97 Å². The molecular formula is C12H16ClNO2. The average Bonchev–Trinajstić information content (AvgIpc) is 3.07. The minimum atomic E-state index is 0. The molecule has 0 aliphatic heterocycles. The van der Waals surface area contributed by atoms with E-state index in [9.17, 15) is 4.79 Å². The lowest BCUT2D eigenvalue weighted by Crippen LogP contribution is -3.00. The van der Waals surface area contributed by atoms with Crippen molar-refractivity contribution in [3.63, 3.8) is 0 Å². The van der Waals surface area contributed by atoms with E-state index in [1.807, 2.05) is 0 Å². The number of halogens is 1. The highest BCUT2D eigenvalue weighted by atomic mass is 35.5. The number of hydrogen-bond donors (Lipinski definition) is 1. The largest absolute Gasteiger partial charge is 1.00 e. The highest BCUT2D eigenvalue weighted by Gasteiger charge is 2.92. The molecule has 0 amide bonds. The number of ether oxygens (including phenoxy) is 1.